The Labute approximate surface area is 199 Å². The summed E-state index contributed by atoms with van der Waals surface area (Å²) in [7, 11) is 0. The van der Waals surface area contributed by atoms with Crippen molar-refractivity contribution in [2.45, 2.75) is 44.9 Å². The van der Waals surface area contributed by atoms with Gasteiger partial charge in [-0.05, 0) is 48.7 Å². The summed E-state index contributed by atoms with van der Waals surface area (Å²) in [6.07, 6.45) is 5.38. The third kappa shape index (κ3) is 5.07. The van der Waals surface area contributed by atoms with Crippen LogP contribution in [0.15, 0.2) is 48.7 Å². The van der Waals surface area contributed by atoms with E-state index in [9.17, 15) is 9.59 Å². The summed E-state index contributed by atoms with van der Waals surface area (Å²) in [5.41, 5.74) is 4.01. The van der Waals surface area contributed by atoms with Crippen LogP contribution < -0.4 is 5.32 Å². The van der Waals surface area contributed by atoms with Gasteiger partial charge in [-0.15, -0.1) is 0 Å². The molecule has 3 heterocycles. The quantitative estimate of drug-likeness (QED) is 0.588. The van der Waals surface area contributed by atoms with Gasteiger partial charge in [-0.3, -0.25) is 9.89 Å². The zero-order valence-corrected chi connectivity index (χ0v) is 19.3. The summed E-state index contributed by atoms with van der Waals surface area (Å²) in [4.78, 5) is 30.5. The number of nitrogens with zero attached hydrogens (tertiary/aromatic N) is 3. The van der Waals surface area contributed by atoms with Crippen LogP contribution in [0.2, 0.25) is 0 Å². The maximum Gasteiger partial charge on any atom is 0.408 e. The molecule has 8 nitrogen and oxygen atoms in total. The number of fused-ring (bicyclic) bond motifs is 3. The lowest BCUT2D eigenvalue weighted by Gasteiger charge is -2.30. The summed E-state index contributed by atoms with van der Waals surface area (Å²) in [6.45, 7) is 4.31. The lowest BCUT2D eigenvalue weighted by molar-refractivity contribution is -0.133. The Balaban J connectivity index is 1.33. The van der Waals surface area contributed by atoms with Gasteiger partial charge in [0.1, 0.15) is 12.6 Å². The largest absolute Gasteiger partial charge is 0.445 e. The predicted molar refractivity (Wildman–Crippen MR) is 129 cm³/mol. The molecule has 0 saturated carbocycles. The van der Waals surface area contributed by atoms with E-state index in [1.807, 2.05) is 53.6 Å². The molecule has 0 radical (unpaired) electrons. The molecule has 0 unspecified atom stereocenters. The number of alkyl carbamates (subject to hydrolysis) is 1. The Bertz CT molecular complexity index is 1140. The number of carbonyl (C=O) groups excluding carboxylic acids is 2. The van der Waals surface area contributed by atoms with Gasteiger partial charge in [-0.2, -0.15) is 5.10 Å². The number of aromatic amines is 1. The third-order valence-corrected chi connectivity index (χ3v) is 6.86. The van der Waals surface area contributed by atoms with Crippen LogP contribution in [0.25, 0.3) is 10.9 Å². The summed E-state index contributed by atoms with van der Waals surface area (Å²) in [5, 5.41) is 11.1. The SMILES string of the molecule is O=C(N[C@@H]1Cc2ccc3[nH]ncc3c2CN(CCN2CCCCC2)C1=O)OCc1ccccc1. The van der Waals surface area contributed by atoms with Gasteiger partial charge in [0.25, 0.3) is 0 Å². The van der Waals surface area contributed by atoms with Crippen LogP contribution >= 0.6 is 0 Å². The number of likely N-dealkylation sites (tertiary alicyclic amines) is 1. The first-order valence-electron chi connectivity index (χ1n) is 12.1. The molecule has 0 aliphatic carbocycles. The van der Waals surface area contributed by atoms with Gasteiger partial charge >= 0.3 is 6.09 Å². The molecule has 178 valence electrons. The fraction of sp³-hybridized carbons (Fsp3) is 0.423. The molecule has 5 rings (SSSR count). The van der Waals surface area contributed by atoms with Crippen molar-refractivity contribution in [3.05, 3.63) is 65.4 Å². The van der Waals surface area contributed by atoms with E-state index in [1.54, 1.807) is 0 Å². The Kier molecular flexibility index (Phi) is 6.76. The third-order valence-electron chi connectivity index (χ3n) is 6.86. The molecule has 2 aromatic carbocycles. The fourth-order valence-corrected chi connectivity index (χ4v) is 4.95. The van der Waals surface area contributed by atoms with Crippen LogP contribution in [0, 0.1) is 0 Å². The van der Waals surface area contributed by atoms with E-state index in [4.69, 9.17) is 4.74 Å². The van der Waals surface area contributed by atoms with Gasteiger partial charge in [0.2, 0.25) is 5.91 Å². The normalized spacial score (nSPS) is 19.0. The van der Waals surface area contributed by atoms with Gasteiger partial charge in [0.15, 0.2) is 0 Å². The smallest absolute Gasteiger partial charge is 0.408 e. The molecule has 1 atom stereocenters. The lowest BCUT2D eigenvalue weighted by Crippen LogP contribution is -2.50. The van der Waals surface area contributed by atoms with Crippen molar-refractivity contribution in [3.8, 4) is 0 Å². The van der Waals surface area contributed by atoms with Crippen LogP contribution in [0.1, 0.15) is 36.0 Å². The van der Waals surface area contributed by atoms with Crippen LogP contribution in [-0.2, 0) is 29.1 Å². The molecule has 2 amide bonds. The molecule has 3 aromatic rings. The number of H-pyrrole nitrogens is 1. The molecule has 8 heteroatoms. The number of aromatic nitrogens is 2. The van der Waals surface area contributed by atoms with Crippen LogP contribution in [0.5, 0.6) is 0 Å². The van der Waals surface area contributed by atoms with Gasteiger partial charge in [-0.1, -0.05) is 42.8 Å². The molecule has 1 fully saturated rings. The second-order valence-electron chi connectivity index (χ2n) is 9.16. The highest BCUT2D eigenvalue weighted by molar-refractivity contribution is 5.89. The number of piperidine rings is 1. The first-order valence-corrected chi connectivity index (χ1v) is 12.1. The minimum absolute atomic E-state index is 0.0680. The van der Waals surface area contributed by atoms with Gasteiger partial charge in [0, 0.05) is 31.4 Å². The van der Waals surface area contributed by atoms with Crippen molar-refractivity contribution in [1.82, 2.24) is 25.3 Å². The van der Waals surface area contributed by atoms with Crippen molar-refractivity contribution < 1.29 is 14.3 Å². The highest BCUT2D eigenvalue weighted by Gasteiger charge is 2.32. The highest BCUT2D eigenvalue weighted by Crippen LogP contribution is 2.27. The molecule has 1 aromatic heterocycles. The number of ether oxygens (including phenoxy) is 1. The van der Waals surface area contributed by atoms with E-state index >= 15 is 0 Å². The summed E-state index contributed by atoms with van der Waals surface area (Å²) in [5.74, 6) is -0.0680. The molecule has 0 spiro atoms. The second-order valence-corrected chi connectivity index (χ2v) is 9.16. The van der Waals surface area contributed by atoms with Gasteiger partial charge in [-0.25, -0.2) is 4.79 Å². The zero-order valence-electron chi connectivity index (χ0n) is 19.3. The number of hydrogen-bond acceptors (Lipinski definition) is 5. The fourth-order valence-electron chi connectivity index (χ4n) is 4.95. The second kappa shape index (κ2) is 10.3. The number of amides is 2. The van der Waals surface area contributed by atoms with Crippen LogP contribution in [-0.4, -0.2) is 64.2 Å². The molecular formula is C26H31N5O3. The zero-order chi connectivity index (χ0) is 23.3. The van der Waals surface area contributed by atoms with E-state index in [2.05, 4.69) is 20.4 Å². The number of carbonyl (C=O) groups is 2. The maximum absolute atomic E-state index is 13.6. The average Bonchev–Trinajstić information content (AvgIpc) is 3.31. The first-order chi connectivity index (χ1) is 16.7. The Morgan fingerprint density at radius 2 is 1.91 bits per heavy atom. The standard InChI is InChI=1S/C26H31N5O3/c32-25-24(28-26(33)34-18-19-7-3-1-4-8-19)15-20-9-10-23-21(16-27-29-23)22(20)17-31(25)14-13-30-11-5-2-6-12-30/h1,3-4,7-10,16,24H,2,5-6,11-15,17-18H2,(H,27,29)(H,28,33)/t24-/m1/s1. The molecule has 34 heavy (non-hydrogen) atoms. The molecule has 2 N–H and O–H groups in total. The van der Waals surface area contributed by atoms with Crippen LogP contribution in [0.4, 0.5) is 4.79 Å². The molecule has 1 saturated heterocycles. The Morgan fingerprint density at radius 3 is 2.74 bits per heavy atom. The number of hydrogen-bond donors (Lipinski definition) is 2. The van der Waals surface area contributed by atoms with E-state index in [0.29, 0.717) is 19.5 Å². The van der Waals surface area contributed by atoms with E-state index < -0.39 is 12.1 Å². The van der Waals surface area contributed by atoms with Crippen LogP contribution in [0.3, 0.4) is 0 Å². The van der Waals surface area contributed by atoms with Crippen molar-refractivity contribution in [2.24, 2.45) is 0 Å². The monoisotopic (exact) mass is 461 g/mol. The topological polar surface area (TPSA) is 90.6 Å². The summed E-state index contributed by atoms with van der Waals surface area (Å²) in [6, 6.07) is 12.9. The summed E-state index contributed by atoms with van der Waals surface area (Å²) < 4.78 is 5.41. The molecular weight excluding hydrogens is 430 g/mol. The number of benzene rings is 2. The first kappa shape index (κ1) is 22.4. The van der Waals surface area contributed by atoms with E-state index in [0.717, 1.165) is 47.2 Å². The molecule has 2 aliphatic rings. The van der Waals surface area contributed by atoms with E-state index in [1.165, 1.54) is 19.3 Å². The van der Waals surface area contributed by atoms with E-state index in [-0.39, 0.29) is 12.5 Å². The Morgan fingerprint density at radius 1 is 1.09 bits per heavy atom. The minimum Gasteiger partial charge on any atom is -0.445 e. The molecule has 2 aliphatic heterocycles. The highest BCUT2D eigenvalue weighted by atomic mass is 16.5. The Hall–Kier alpha value is -3.39. The minimum atomic E-state index is -0.671. The van der Waals surface area contributed by atoms with Crippen molar-refractivity contribution >= 4 is 22.9 Å². The number of rotatable bonds is 6. The summed E-state index contributed by atoms with van der Waals surface area (Å²) >= 11 is 0. The van der Waals surface area contributed by atoms with Crippen molar-refractivity contribution in [2.75, 3.05) is 26.2 Å². The predicted octanol–water partition coefficient (Wildman–Crippen LogP) is 3.23. The number of nitrogens with one attached hydrogen (secondary N) is 2. The average molecular weight is 462 g/mol. The lowest BCUT2D eigenvalue weighted by atomic mass is 9.99. The van der Waals surface area contributed by atoms with Crippen molar-refractivity contribution in [1.29, 1.82) is 0 Å². The molecule has 0 bridgehead atoms. The maximum atomic E-state index is 13.6. The van der Waals surface area contributed by atoms with Crippen molar-refractivity contribution in [3.63, 3.8) is 0 Å². The van der Waals surface area contributed by atoms with Gasteiger partial charge < -0.3 is 19.9 Å². The van der Waals surface area contributed by atoms with Gasteiger partial charge in [0.05, 0.1) is 11.7 Å².